The van der Waals surface area contributed by atoms with Gasteiger partial charge in [-0.25, -0.2) is 0 Å². The van der Waals surface area contributed by atoms with Crippen LogP contribution >= 0.6 is 0 Å². The van der Waals surface area contributed by atoms with Crippen LogP contribution in [0, 0.1) is 0 Å². The van der Waals surface area contributed by atoms with E-state index >= 15 is 0 Å². The summed E-state index contributed by atoms with van der Waals surface area (Å²) in [6.45, 7) is 4.53. The fourth-order valence-corrected chi connectivity index (χ4v) is 1.23. The average Bonchev–Trinajstić information content (AvgIpc) is 2.79. The van der Waals surface area contributed by atoms with E-state index in [0.717, 1.165) is 12.8 Å². The lowest BCUT2D eigenvalue weighted by molar-refractivity contribution is 0.0942. The van der Waals surface area contributed by atoms with Crippen molar-refractivity contribution in [3.8, 4) is 0 Å². The molecule has 0 aliphatic carbocycles. The highest BCUT2D eigenvalue weighted by atomic mass is 16.1. The second-order valence-corrected chi connectivity index (χ2v) is 3.74. The summed E-state index contributed by atoms with van der Waals surface area (Å²) >= 11 is 0. The van der Waals surface area contributed by atoms with Crippen LogP contribution in [0.25, 0.3) is 0 Å². The topological polar surface area (TPSA) is 83.8 Å². The third-order valence-corrected chi connectivity index (χ3v) is 2.77. The van der Waals surface area contributed by atoms with E-state index in [4.69, 9.17) is 5.73 Å². The number of aromatic nitrogens is 2. The van der Waals surface area contributed by atoms with Gasteiger partial charge < -0.3 is 11.1 Å². The Hall–Kier alpha value is -1.36. The van der Waals surface area contributed by atoms with E-state index in [2.05, 4.69) is 15.5 Å². The quantitative estimate of drug-likeness (QED) is 0.667. The number of hydrogen-bond acceptors (Lipinski definition) is 3. The molecule has 1 amide bonds. The first-order chi connectivity index (χ1) is 7.11. The minimum atomic E-state index is -0.306. The first-order valence-electron chi connectivity index (χ1n) is 5.17. The number of nitrogens with one attached hydrogen (secondary N) is 2. The second kappa shape index (κ2) is 4.93. The molecule has 15 heavy (non-hydrogen) atoms. The van der Waals surface area contributed by atoms with E-state index in [9.17, 15) is 4.79 Å². The zero-order valence-electron chi connectivity index (χ0n) is 9.21. The zero-order chi connectivity index (χ0) is 11.3. The molecule has 1 heterocycles. The Labute approximate surface area is 89.4 Å². The summed E-state index contributed by atoms with van der Waals surface area (Å²) in [6, 6.07) is 0. The summed E-state index contributed by atoms with van der Waals surface area (Å²) < 4.78 is 0. The van der Waals surface area contributed by atoms with Gasteiger partial charge in [0, 0.05) is 18.3 Å². The molecular formula is C10H18N4O. The maximum Gasteiger partial charge on any atom is 0.254 e. The van der Waals surface area contributed by atoms with Gasteiger partial charge in [-0.15, -0.1) is 0 Å². The number of H-pyrrole nitrogens is 1. The largest absolute Gasteiger partial charge is 0.350 e. The fraction of sp³-hybridized carbons (Fsp3) is 0.600. The van der Waals surface area contributed by atoms with Gasteiger partial charge in [-0.2, -0.15) is 5.10 Å². The molecule has 4 N–H and O–H groups in total. The average molecular weight is 210 g/mol. The monoisotopic (exact) mass is 210 g/mol. The predicted molar refractivity (Wildman–Crippen MR) is 58.4 cm³/mol. The Balaban J connectivity index is 2.47. The number of carbonyl (C=O) groups excluding carboxylic acids is 1. The molecule has 0 bridgehead atoms. The molecule has 0 unspecified atom stereocenters. The van der Waals surface area contributed by atoms with Crippen molar-refractivity contribution in [2.45, 2.75) is 32.2 Å². The summed E-state index contributed by atoms with van der Waals surface area (Å²) in [4.78, 5) is 11.6. The van der Waals surface area contributed by atoms with Crippen LogP contribution in [0.2, 0.25) is 0 Å². The van der Waals surface area contributed by atoms with Gasteiger partial charge in [0.2, 0.25) is 0 Å². The van der Waals surface area contributed by atoms with E-state index in [-0.39, 0.29) is 11.4 Å². The summed E-state index contributed by atoms with van der Waals surface area (Å²) in [6.07, 6.45) is 4.74. The van der Waals surface area contributed by atoms with Gasteiger partial charge in [-0.3, -0.25) is 9.89 Å². The van der Waals surface area contributed by atoms with E-state index in [1.165, 1.54) is 6.20 Å². The first kappa shape index (κ1) is 11.7. The predicted octanol–water partition coefficient (Wildman–Crippen LogP) is 0.657. The number of rotatable bonds is 5. The minimum Gasteiger partial charge on any atom is -0.350 e. The number of hydrogen-bond donors (Lipinski definition) is 3. The Kier molecular flexibility index (Phi) is 3.85. The maximum atomic E-state index is 11.6. The molecule has 5 heteroatoms. The molecule has 84 valence electrons. The Morgan fingerprint density at radius 2 is 2.27 bits per heavy atom. The van der Waals surface area contributed by atoms with Gasteiger partial charge >= 0.3 is 0 Å². The molecule has 0 aliphatic heterocycles. The Bertz CT molecular complexity index is 303. The third-order valence-electron chi connectivity index (χ3n) is 2.77. The van der Waals surface area contributed by atoms with Crippen molar-refractivity contribution in [3.63, 3.8) is 0 Å². The molecular weight excluding hydrogens is 192 g/mol. The molecule has 0 radical (unpaired) electrons. The van der Waals surface area contributed by atoms with Crippen molar-refractivity contribution in [1.82, 2.24) is 15.5 Å². The van der Waals surface area contributed by atoms with Crippen LogP contribution < -0.4 is 11.1 Å². The summed E-state index contributed by atoms with van der Waals surface area (Å²) in [5, 5.41) is 9.11. The summed E-state index contributed by atoms with van der Waals surface area (Å²) in [7, 11) is 0. The van der Waals surface area contributed by atoms with E-state index in [0.29, 0.717) is 12.1 Å². The zero-order valence-corrected chi connectivity index (χ0v) is 9.21. The van der Waals surface area contributed by atoms with Crippen LogP contribution in [0.3, 0.4) is 0 Å². The van der Waals surface area contributed by atoms with E-state index in [1.54, 1.807) is 6.20 Å². The number of carbonyl (C=O) groups is 1. The van der Waals surface area contributed by atoms with Gasteiger partial charge in [-0.1, -0.05) is 13.8 Å². The normalized spacial score (nSPS) is 11.4. The number of aromatic amines is 1. The first-order valence-corrected chi connectivity index (χ1v) is 5.17. The van der Waals surface area contributed by atoms with E-state index < -0.39 is 0 Å². The fourth-order valence-electron chi connectivity index (χ4n) is 1.23. The molecule has 0 atom stereocenters. The van der Waals surface area contributed by atoms with Gasteiger partial charge in [0.05, 0.1) is 11.8 Å². The van der Waals surface area contributed by atoms with Gasteiger partial charge in [0.15, 0.2) is 0 Å². The minimum absolute atomic E-state index is 0.138. The van der Waals surface area contributed by atoms with Crippen molar-refractivity contribution < 1.29 is 4.79 Å². The molecule has 0 spiro atoms. The molecule has 0 saturated heterocycles. The highest BCUT2D eigenvalue weighted by Crippen LogP contribution is 2.09. The second-order valence-electron chi connectivity index (χ2n) is 3.74. The van der Waals surface area contributed by atoms with Crippen molar-refractivity contribution in [2.24, 2.45) is 5.73 Å². The molecule has 1 rings (SSSR count). The lowest BCUT2D eigenvalue weighted by Gasteiger charge is -2.26. The third kappa shape index (κ3) is 3.06. The van der Waals surface area contributed by atoms with E-state index in [1.807, 2.05) is 13.8 Å². The van der Waals surface area contributed by atoms with Crippen LogP contribution in [-0.4, -0.2) is 28.2 Å². The number of nitrogens with two attached hydrogens (primary N) is 1. The number of nitrogens with zero attached hydrogens (tertiary/aromatic N) is 1. The molecule has 0 fully saturated rings. The molecule has 1 aromatic rings. The van der Waals surface area contributed by atoms with Crippen molar-refractivity contribution >= 4 is 5.91 Å². The highest BCUT2D eigenvalue weighted by Gasteiger charge is 2.21. The standard InChI is InChI=1S/C10H18N4O/c1-3-10(11,4-2)7-12-9(15)8-5-13-14-6-8/h5-6H,3-4,7,11H2,1-2H3,(H,12,15)(H,13,14). The van der Waals surface area contributed by atoms with Crippen LogP contribution in [0.15, 0.2) is 12.4 Å². The van der Waals surface area contributed by atoms with Gasteiger partial charge in [0.25, 0.3) is 5.91 Å². The lowest BCUT2D eigenvalue weighted by atomic mass is 9.94. The van der Waals surface area contributed by atoms with Crippen LogP contribution in [0.1, 0.15) is 37.0 Å². The molecule has 5 nitrogen and oxygen atoms in total. The maximum absolute atomic E-state index is 11.6. The Morgan fingerprint density at radius 1 is 1.60 bits per heavy atom. The Morgan fingerprint density at radius 3 is 2.73 bits per heavy atom. The highest BCUT2D eigenvalue weighted by molar-refractivity contribution is 5.93. The van der Waals surface area contributed by atoms with Gasteiger partial charge in [-0.05, 0) is 12.8 Å². The summed E-state index contributed by atoms with van der Waals surface area (Å²) in [5.41, 5.74) is 6.29. The molecule has 0 saturated carbocycles. The van der Waals surface area contributed by atoms with Crippen LogP contribution in [-0.2, 0) is 0 Å². The SMILES string of the molecule is CCC(N)(CC)CNC(=O)c1cn[nH]c1. The smallest absolute Gasteiger partial charge is 0.254 e. The van der Waals surface area contributed by atoms with Crippen LogP contribution in [0.4, 0.5) is 0 Å². The molecule has 0 aliphatic rings. The van der Waals surface area contributed by atoms with Gasteiger partial charge in [0.1, 0.15) is 0 Å². The summed E-state index contributed by atoms with van der Waals surface area (Å²) in [5.74, 6) is -0.138. The molecule has 1 aromatic heterocycles. The van der Waals surface area contributed by atoms with Crippen molar-refractivity contribution in [3.05, 3.63) is 18.0 Å². The molecule has 0 aromatic carbocycles. The number of amides is 1. The lowest BCUT2D eigenvalue weighted by Crippen LogP contribution is -2.49. The van der Waals surface area contributed by atoms with Crippen molar-refractivity contribution in [1.29, 1.82) is 0 Å². The van der Waals surface area contributed by atoms with Crippen molar-refractivity contribution in [2.75, 3.05) is 6.54 Å². The van der Waals surface area contributed by atoms with Crippen LogP contribution in [0.5, 0.6) is 0 Å².